The van der Waals surface area contributed by atoms with Gasteiger partial charge in [0.2, 0.25) is 0 Å². The van der Waals surface area contributed by atoms with Gasteiger partial charge in [-0.25, -0.2) is 12.8 Å². The van der Waals surface area contributed by atoms with Gasteiger partial charge in [0.25, 0.3) is 10.0 Å². The van der Waals surface area contributed by atoms with Crippen LogP contribution in [0.4, 0.5) is 4.39 Å². The summed E-state index contributed by atoms with van der Waals surface area (Å²) in [6.07, 6.45) is 5.47. The van der Waals surface area contributed by atoms with Crippen molar-refractivity contribution in [1.82, 2.24) is 4.31 Å². The van der Waals surface area contributed by atoms with Crippen LogP contribution in [0.1, 0.15) is 61.8 Å². The number of hydrogen-bond donors (Lipinski definition) is 0. The summed E-state index contributed by atoms with van der Waals surface area (Å²) in [5.74, 6) is -0.0830. The molecule has 1 saturated carbocycles. The van der Waals surface area contributed by atoms with E-state index >= 15 is 0 Å². The summed E-state index contributed by atoms with van der Waals surface area (Å²) < 4.78 is 44.1. The zero-order valence-electron chi connectivity index (χ0n) is 17.5. The van der Waals surface area contributed by atoms with Crippen LogP contribution in [0.15, 0.2) is 70.3 Å². The minimum atomic E-state index is -3.77. The molecular weight excluding hydrogens is 429 g/mol. The molecule has 0 N–H and O–H groups in total. The van der Waals surface area contributed by atoms with E-state index in [0.29, 0.717) is 4.21 Å². The van der Waals surface area contributed by atoms with E-state index in [1.54, 1.807) is 34.0 Å². The van der Waals surface area contributed by atoms with Gasteiger partial charge in [-0.05, 0) is 66.0 Å². The molecular formula is C25H26FNO2S2. The zero-order chi connectivity index (χ0) is 21.6. The highest BCUT2D eigenvalue weighted by molar-refractivity contribution is 7.91. The molecule has 0 bridgehead atoms. The summed E-state index contributed by atoms with van der Waals surface area (Å²) in [6, 6.07) is 17.4. The average molecular weight is 456 g/mol. The molecule has 2 aromatic carbocycles. The summed E-state index contributed by atoms with van der Waals surface area (Å²) in [6.45, 7) is 2.11. The number of benzene rings is 2. The van der Waals surface area contributed by atoms with Crippen molar-refractivity contribution in [3.05, 3.63) is 88.6 Å². The number of sulfonamides is 1. The predicted molar refractivity (Wildman–Crippen MR) is 122 cm³/mol. The first-order chi connectivity index (χ1) is 14.9. The second kappa shape index (κ2) is 7.84. The highest BCUT2D eigenvalue weighted by Gasteiger charge is 2.57. The quantitative estimate of drug-likeness (QED) is 0.452. The van der Waals surface area contributed by atoms with Gasteiger partial charge in [0, 0.05) is 0 Å². The third-order valence-electron chi connectivity index (χ3n) is 7.09. The SMILES string of the molecule is CC1(C2CCCCC2)c2ccccc2C(c2ccc(F)cc2)N1S(=O)(=O)c1cccs1. The maximum atomic E-state index is 14.1. The van der Waals surface area contributed by atoms with Crippen LogP contribution in [0.5, 0.6) is 0 Å². The first kappa shape index (κ1) is 20.9. The highest BCUT2D eigenvalue weighted by atomic mass is 32.2. The van der Waals surface area contributed by atoms with Crippen LogP contribution in [0.3, 0.4) is 0 Å². The number of rotatable bonds is 4. The second-order valence-electron chi connectivity index (χ2n) is 8.76. The summed E-state index contributed by atoms with van der Waals surface area (Å²) >= 11 is 1.25. The molecule has 1 aliphatic carbocycles. The summed E-state index contributed by atoms with van der Waals surface area (Å²) in [5, 5.41) is 1.81. The fraction of sp³-hybridized carbons (Fsp3) is 0.360. The number of halogens is 1. The lowest BCUT2D eigenvalue weighted by atomic mass is 9.73. The average Bonchev–Trinajstić information content (AvgIpc) is 3.42. The highest BCUT2D eigenvalue weighted by Crippen LogP contribution is 2.57. The van der Waals surface area contributed by atoms with Gasteiger partial charge in [-0.15, -0.1) is 11.3 Å². The van der Waals surface area contributed by atoms with E-state index in [4.69, 9.17) is 0 Å². The van der Waals surface area contributed by atoms with Crippen LogP contribution in [-0.4, -0.2) is 12.7 Å². The van der Waals surface area contributed by atoms with Crippen molar-refractivity contribution in [2.45, 2.75) is 54.8 Å². The van der Waals surface area contributed by atoms with E-state index in [1.807, 2.05) is 18.2 Å². The molecule has 5 rings (SSSR count). The van der Waals surface area contributed by atoms with Gasteiger partial charge in [-0.1, -0.05) is 61.7 Å². The molecule has 3 nitrogen and oxygen atoms in total. The van der Waals surface area contributed by atoms with Gasteiger partial charge in [0.15, 0.2) is 0 Å². The van der Waals surface area contributed by atoms with E-state index in [-0.39, 0.29) is 11.7 Å². The Morgan fingerprint density at radius 2 is 1.68 bits per heavy atom. The molecule has 3 aromatic rings. The van der Waals surface area contributed by atoms with Crippen LogP contribution >= 0.6 is 11.3 Å². The van der Waals surface area contributed by atoms with Crippen LogP contribution in [-0.2, 0) is 15.6 Å². The molecule has 0 amide bonds. The largest absolute Gasteiger partial charge is 0.254 e. The standard InChI is InChI=1S/C25H26FNO2S2/c1-25(19-8-3-2-4-9-19)22-11-6-5-10-21(22)24(18-13-15-20(26)16-14-18)27(25)31(28,29)23-12-7-17-30-23/h5-7,10-17,19,24H,2-4,8-9H2,1H3. The van der Waals surface area contributed by atoms with Crippen LogP contribution in [0.25, 0.3) is 0 Å². The van der Waals surface area contributed by atoms with Crippen molar-refractivity contribution in [1.29, 1.82) is 0 Å². The van der Waals surface area contributed by atoms with Crippen molar-refractivity contribution >= 4 is 21.4 Å². The van der Waals surface area contributed by atoms with Crippen LogP contribution < -0.4 is 0 Å². The van der Waals surface area contributed by atoms with Gasteiger partial charge in [-0.2, -0.15) is 4.31 Å². The summed E-state index contributed by atoms with van der Waals surface area (Å²) in [4.78, 5) is 0. The first-order valence-electron chi connectivity index (χ1n) is 10.9. The molecule has 6 heteroatoms. The second-order valence-corrected chi connectivity index (χ2v) is 11.7. The minimum absolute atomic E-state index is 0.239. The van der Waals surface area contributed by atoms with Gasteiger partial charge in [0.05, 0.1) is 11.6 Å². The molecule has 0 saturated heterocycles. The maximum absolute atomic E-state index is 14.1. The predicted octanol–water partition coefficient (Wildman–Crippen LogP) is 6.48. The van der Waals surface area contributed by atoms with Gasteiger partial charge < -0.3 is 0 Å². The van der Waals surface area contributed by atoms with E-state index in [9.17, 15) is 12.8 Å². The van der Waals surface area contributed by atoms with Gasteiger partial charge in [0.1, 0.15) is 10.0 Å². The number of nitrogens with zero attached hydrogens (tertiary/aromatic N) is 1. The van der Waals surface area contributed by atoms with Crippen molar-refractivity contribution in [2.75, 3.05) is 0 Å². The maximum Gasteiger partial charge on any atom is 0.254 e. The molecule has 1 aromatic heterocycles. The molecule has 0 radical (unpaired) electrons. The molecule has 1 aliphatic heterocycles. The van der Waals surface area contributed by atoms with Crippen LogP contribution in [0.2, 0.25) is 0 Å². The Kier molecular flexibility index (Phi) is 5.27. The number of fused-ring (bicyclic) bond motifs is 1. The lowest BCUT2D eigenvalue weighted by molar-refractivity contribution is 0.0962. The fourth-order valence-corrected chi connectivity index (χ4v) is 8.68. The number of thiophene rings is 1. The molecule has 31 heavy (non-hydrogen) atoms. The molecule has 0 spiro atoms. The van der Waals surface area contributed by atoms with Crippen molar-refractivity contribution < 1.29 is 12.8 Å². The van der Waals surface area contributed by atoms with Crippen LogP contribution in [0, 0.1) is 11.7 Å². The van der Waals surface area contributed by atoms with E-state index < -0.39 is 21.6 Å². The monoisotopic (exact) mass is 455 g/mol. The Morgan fingerprint density at radius 1 is 0.968 bits per heavy atom. The van der Waals surface area contributed by atoms with E-state index in [2.05, 4.69) is 13.0 Å². The molecule has 162 valence electrons. The van der Waals surface area contributed by atoms with Crippen molar-refractivity contribution in [3.63, 3.8) is 0 Å². The van der Waals surface area contributed by atoms with E-state index in [0.717, 1.165) is 42.4 Å². The Hall–Kier alpha value is -2.02. The molecule has 2 aliphatic rings. The Bertz CT molecular complexity index is 1170. The Balaban J connectivity index is 1.77. The normalized spacial score (nSPS) is 24.9. The molecule has 2 atom stereocenters. The third-order valence-corrected chi connectivity index (χ3v) is 10.4. The van der Waals surface area contributed by atoms with Gasteiger partial charge >= 0.3 is 0 Å². The Labute approximate surface area is 187 Å². The number of hydrogen-bond acceptors (Lipinski definition) is 3. The smallest absolute Gasteiger partial charge is 0.207 e. The Morgan fingerprint density at radius 3 is 2.35 bits per heavy atom. The topological polar surface area (TPSA) is 37.4 Å². The summed E-state index contributed by atoms with van der Waals surface area (Å²) in [5.41, 5.74) is 2.23. The molecule has 1 fully saturated rings. The lowest BCUT2D eigenvalue weighted by Crippen LogP contribution is -2.49. The minimum Gasteiger partial charge on any atom is -0.207 e. The molecule has 2 heterocycles. The summed E-state index contributed by atoms with van der Waals surface area (Å²) in [7, 11) is -3.77. The lowest BCUT2D eigenvalue weighted by Gasteiger charge is -2.45. The van der Waals surface area contributed by atoms with Gasteiger partial charge in [-0.3, -0.25) is 0 Å². The first-order valence-corrected chi connectivity index (χ1v) is 13.2. The fourth-order valence-electron chi connectivity index (χ4n) is 5.63. The molecule has 2 unspecified atom stereocenters. The van der Waals surface area contributed by atoms with Crippen molar-refractivity contribution in [2.24, 2.45) is 5.92 Å². The third kappa shape index (κ3) is 3.27. The van der Waals surface area contributed by atoms with Crippen molar-refractivity contribution in [3.8, 4) is 0 Å². The zero-order valence-corrected chi connectivity index (χ0v) is 19.1. The van der Waals surface area contributed by atoms with E-state index in [1.165, 1.54) is 29.9 Å².